The van der Waals surface area contributed by atoms with E-state index in [2.05, 4.69) is 5.32 Å². The molecule has 0 aliphatic heterocycles. The molecule has 0 fully saturated rings. The average Bonchev–Trinajstić information content (AvgIpc) is 2.26. The third-order valence-electron chi connectivity index (χ3n) is 1.83. The molecule has 0 saturated carbocycles. The Balaban J connectivity index is 2.61. The smallest absolute Gasteiger partial charge is 0.224 e. The van der Waals surface area contributed by atoms with E-state index in [0.717, 1.165) is 5.69 Å². The Morgan fingerprint density at radius 3 is 3.00 bits per heavy atom. The van der Waals surface area contributed by atoms with Gasteiger partial charge in [-0.2, -0.15) is 0 Å². The number of hydrogen-bond donors (Lipinski definition) is 2. The Morgan fingerprint density at radius 1 is 1.53 bits per heavy atom. The molecular weight excluding hydrogens is 192 g/mol. The van der Waals surface area contributed by atoms with Crippen LogP contribution in [0.15, 0.2) is 24.3 Å². The summed E-state index contributed by atoms with van der Waals surface area (Å²) in [5.74, 6) is 0.709. The van der Waals surface area contributed by atoms with Crippen LogP contribution < -0.4 is 15.8 Å². The SMILES string of the molecule is CCC(=O)Nc1cccc(OCCN)c1. The highest BCUT2D eigenvalue weighted by Crippen LogP contribution is 2.17. The number of ether oxygens (including phenoxy) is 1. The van der Waals surface area contributed by atoms with E-state index in [-0.39, 0.29) is 5.91 Å². The summed E-state index contributed by atoms with van der Waals surface area (Å²) in [4.78, 5) is 11.1. The van der Waals surface area contributed by atoms with E-state index in [9.17, 15) is 4.79 Å². The lowest BCUT2D eigenvalue weighted by Gasteiger charge is -2.07. The lowest BCUT2D eigenvalue weighted by atomic mass is 10.3. The van der Waals surface area contributed by atoms with Crippen LogP contribution in [0.5, 0.6) is 5.75 Å². The maximum atomic E-state index is 11.1. The molecule has 0 heterocycles. The number of carbonyl (C=O) groups is 1. The van der Waals surface area contributed by atoms with Crippen molar-refractivity contribution in [2.24, 2.45) is 5.73 Å². The molecule has 15 heavy (non-hydrogen) atoms. The zero-order valence-corrected chi connectivity index (χ0v) is 8.82. The van der Waals surface area contributed by atoms with Gasteiger partial charge in [-0.1, -0.05) is 13.0 Å². The summed E-state index contributed by atoms with van der Waals surface area (Å²) in [6.07, 6.45) is 0.466. The molecule has 0 unspecified atom stereocenters. The van der Waals surface area contributed by atoms with Crippen molar-refractivity contribution in [1.82, 2.24) is 0 Å². The number of carbonyl (C=O) groups excluding carboxylic acids is 1. The third-order valence-corrected chi connectivity index (χ3v) is 1.83. The van der Waals surface area contributed by atoms with Gasteiger partial charge < -0.3 is 15.8 Å². The van der Waals surface area contributed by atoms with Crippen LogP contribution in [0.4, 0.5) is 5.69 Å². The van der Waals surface area contributed by atoms with E-state index in [4.69, 9.17) is 10.5 Å². The lowest BCUT2D eigenvalue weighted by Crippen LogP contribution is -2.11. The average molecular weight is 208 g/mol. The van der Waals surface area contributed by atoms with Gasteiger partial charge in [0.05, 0.1) is 0 Å². The predicted molar refractivity (Wildman–Crippen MR) is 59.9 cm³/mol. The minimum absolute atomic E-state index is 0.00836. The lowest BCUT2D eigenvalue weighted by molar-refractivity contribution is -0.115. The highest BCUT2D eigenvalue weighted by molar-refractivity contribution is 5.90. The topological polar surface area (TPSA) is 64.3 Å². The fourth-order valence-corrected chi connectivity index (χ4v) is 1.09. The second-order valence-electron chi connectivity index (χ2n) is 3.07. The van der Waals surface area contributed by atoms with E-state index in [1.807, 2.05) is 25.1 Å². The molecule has 3 N–H and O–H groups in total. The number of rotatable bonds is 5. The molecule has 0 aromatic heterocycles. The van der Waals surface area contributed by atoms with Crippen molar-refractivity contribution in [3.8, 4) is 5.75 Å². The molecule has 82 valence electrons. The van der Waals surface area contributed by atoms with Gasteiger partial charge in [-0.05, 0) is 12.1 Å². The summed E-state index contributed by atoms with van der Waals surface area (Å²) in [5.41, 5.74) is 6.07. The first-order chi connectivity index (χ1) is 7.26. The van der Waals surface area contributed by atoms with Crippen molar-refractivity contribution >= 4 is 11.6 Å². The van der Waals surface area contributed by atoms with Crippen molar-refractivity contribution < 1.29 is 9.53 Å². The van der Waals surface area contributed by atoms with Crippen LogP contribution in [0, 0.1) is 0 Å². The van der Waals surface area contributed by atoms with Crippen LogP contribution in [0.3, 0.4) is 0 Å². The summed E-state index contributed by atoms with van der Waals surface area (Å²) < 4.78 is 5.33. The number of benzene rings is 1. The van der Waals surface area contributed by atoms with Gasteiger partial charge in [0.15, 0.2) is 0 Å². The molecular formula is C11H16N2O2. The quantitative estimate of drug-likeness (QED) is 0.768. The van der Waals surface area contributed by atoms with E-state index in [1.165, 1.54) is 0 Å². The fraction of sp³-hybridized carbons (Fsp3) is 0.364. The molecule has 0 saturated heterocycles. The van der Waals surface area contributed by atoms with Gasteiger partial charge in [-0.3, -0.25) is 4.79 Å². The number of anilines is 1. The van der Waals surface area contributed by atoms with Gasteiger partial charge >= 0.3 is 0 Å². The Kier molecular flexibility index (Phi) is 4.63. The predicted octanol–water partition coefficient (Wildman–Crippen LogP) is 1.37. The molecule has 0 bridgehead atoms. The van der Waals surface area contributed by atoms with Crippen LogP contribution in [-0.4, -0.2) is 19.1 Å². The first kappa shape index (κ1) is 11.5. The highest BCUT2D eigenvalue weighted by Gasteiger charge is 2.00. The van der Waals surface area contributed by atoms with Gasteiger partial charge in [0.25, 0.3) is 0 Å². The molecule has 1 aromatic rings. The molecule has 0 aliphatic rings. The first-order valence-electron chi connectivity index (χ1n) is 4.99. The zero-order valence-electron chi connectivity index (χ0n) is 8.82. The van der Waals surface area contributed by atoms with Crippen molar-refractivity contribution in [2.45, 2.75) is 13.3 Å². The fourth-order valence-electron chi connectivity index (χ4n) is 1.09. The molecule has 4 nitrogen and oxygen atoms in total. The van der Waals surface area contributed by atoms with Gasteiger partial charge in [0, 0.05) is 24.7 Å². The van der Waals surface area contributed by atoms with Gasteiger partial charge in [0.1, 0.15) is 12.4 Å². The van der Waals surface area contributed by atoms with Crippen LogP contribution >= 0.6 is 0 Å². The molecule has 1 amide bonds. The van der Waals surface area contributed by atoms with Crippen LogP contribution in [0.1, 0.15) is 13.3 Å². The second-order valence-corrected chi connectivity index (χ2v) is 3.07. The van der Waals surface area contributed by atoms with Crippen molar-refractivity contribution in [1.29, 1.82) is 0 Å². The maximum absolute atomic E-state index is 11.1. The molecule has 0 radical (unpaired) electrons. The molecule has 0 spiro atoms. The number of amides is 1. The standard InChI is InChI=1S/C11H16N2O2/c1-2-11(14)13-9-4-3-5-10(8-9)15-7-6-12/h3-5,8H,2,6-7,12H2,1H3,(H,13,14). The summed E-state index contributed by atoms with van der Waals surface area (Å²) in [7, 11) is 0. The Labute approximate surface area is 89.4 Å². The van der Waals surface area contributed by atoms with E-state index in [1.54, 1.807) is 6.07 Å². The van der Waals surface area contributed by atoms with Crippen molar-refractivity contribution in [2.75, 3.05) is 18.5 Å². The third kappa shape index (κ3) is 3.99. The number of hydrogen-bond acceptors (Lipinski definition) is 3. The monoisotopic (exact) mass is 208 g/mol. The normalized spacial score (nSPS) is 9.73. The van der Waals surface area contributed by atoms with Crippen molar-refractivity contribution in [3.05, 3.63) is 24.3 Å². The maximum Gasteiger partial charge on any atom is 0.224 e. The largest absolute Gasteiger partial charge is 0.492 e. The van der Waals surface area contributed by atoms with E-state index < -0.39 is 0 Å². The Bertz CT molecular complexity index is 326. The highest BCUT2D eigenvalue weighted by atomic mass is 16.5. The van der Waals surface area contributed by atoms with Crippen LogP contribution in [0.2, 0.25) is 0 Å². The summed E-state index contributed by atoms with van der Waals surface area (Å²) in [6.45, 7) is 2.76. The Hall–Kier alpha value is -1.55. The minimum atomic E-state index is -0.00836. The van der Waals surface area contributed by atoms with Crippen molar-refractivity contribution in [3.63, 3.8) is 0 Å². The molecule has 0 aliphatic carbocycles. The van der Waals surface area contributed by atoms with Gasteiger partial charge in [-0.25, -0.2) is 0 Å². The molecule has 1 rings (SSSR count). The minimum Gasteiger partial charge on any atom is -0.492 e. The second kappa shape index (κ2) is 6.03. The van der Waals surface area contributed by atoms with Gasteiger partial charge in [-0.15, -0.1) is 0 Å². The van der Waals surface area contributed by atoms with Crippen LogP contribution in [0.25, 0.3) is 0 Å². The molecule has 4 heteroatoms. The zero-order chi connectivity index (χ0) is 11.1. The molecule has 1 aromatic carbocycles. The summed E-state index contributed by atoms with van der Waals surface area (Å²) in [5, 5.41) is 2.76. The number of nitrogens with one attached hydrogen (secondary N) is 1. The first-order valence-corrected chi connectivity index (χ1v) is 4.99. The van der Waals surface area contributed by atoms with E-state index in [0.29, 0.717) is 25.3 Å². The molecule has 0 atom stereocenters. The van der Waals surface area contributed by atoms with Gasteiger partial charge in [0.2, 0.25) is 5.91 Å². The van der Waals surface area contributed by atoms with Crippen LogP contribution in [-0.2, 0) is 4.79 Å². The number of nitrogens with two attached hydrogens (primary N) is 1. The Morgan fingerprint density at radius 2 is 2.33 bits per heavy atom. The van der Waals surface area contributed by atoms with E-state index >= 15 is 0 Å². The summed E-state index contributed by atoms with van der Waals surface area (Å²) >= 11 is 0. The summed E-state index contributed by atoms with van der Waals surface area (Å²) in [6, 6.07) is 7.26.